The molecule has 0 bridgehead atoms. The maximum Gasteiger partial charge on any atom is 0.474 e. The molecule has 0 saturated heterocycles. The van der Waals surface area contributed by atoms with Crippen LogP contribution >= 0.6 is 7.82 Å². The van der Waals surface area contributed by atoms with Crippen molar-refractivity contribution >= 4 is 43.9 Å². The van der Waals surface area contributed by atoms with Gasteiger partial charge in [0.2, 0.25) is 12.3 Å². The van der Waals surface area contributed by atoms with E-state index < -0.39 is 68.7 Å². The quantitative estimate of drug-likeness (QED) is 0.00827. The monoisotopic (exact) mass is 1010 g/mol. The van der Waals surface area contributed by atoms with E-state index in [1.807, 2.05) is 19.1 Å². The van der Waals surface area contributed by atoms with Crippen LogP contribution in [0.15, 0.2) is 126 Å². The van der Waals surface area contributed by atoms with Crippen molar-refractivity contribution in [2.45, 2.75) is 91.2 Å². The van der Waals surface area contributed by atoms with Crippen LogP contribution in [-0.2, 0) is 66.9 Å². The summed E-state index contributed by atoms with van der Waals surface area (Å²) in [5.74, 6) is -4.03. The highest BCUT2D eigenvalue weighted by atomic mass is 31.2. The van der Waals surface area contributed by atoms with Gasteiger partial charge in [0.1, 0.15) is 30.8 Å². The number of hydrogen-bond acceptors (Lipinski definition) is 14. The van der Waals surface area contributed by atoms with Crippen LogP contribution in [0, 0.1) is 5.92 Å². The molecule has 4 unspecified atom stereocenters. The van der Waals surface area contributed by atoms with Crippen LogP contribution < -0.4 is 20.7 Å². The molecular weight excluding hydrogens is 952 g/mol. The van der Waals surface area contributed by atoms with Crippen LogP contribution in [0.5, 0.6) is 5.75 Å². The minimum atomic E-state index is -4.57. The van der Waals surface area contributed by atoms with E-state index in [9.17, 15) is 38.2 Å². The van der Waals surface area contributed by atoms with Crippen molar-refractivity contribution < 1.29 is 70.7 Å². The number of furan rings is 1. The Kier molecular flexibility index (Phi) is 22.7. The molecule has 0 fully saturated rings. The Morgan fingerprint density at radius 1 is 0.750 bits per heavy atom. The van der Waals surface area contributed by atoms with Gasteiger partial charge in [0.05, 0.1) is 43.8 Å². The number of amides is 4. The van der Waals surface area contributed by atoms with Crippen molar-refractivity contribution in [1.29, 1.82) is 0 Å². The second-order valence-corrected chi connectivity index (χ2v) is 17.6. The lowest BCUT2D eigenvalue weighted by molar-refractivity contribution is -0.221. The number of benzene rings is 4. The van der Waals surface area contributed by atoms with Gasteiger partial charge in [-0.05, 0) is 60.7 Å². The van der Waals surface area contributed by atoms with E-state index in [1.54, 1.807) is 98.8 Å². The summed E-state index contributed by atoms with van der Waals surface area (Å²) in [7, 11) is -4.57. The molecule has 5 aromatic rings. The molecular formula is C52H61N4O15P. The van der Waals surface area contributed by atoms with Gasteiger partial charge in [0.25, 0.3) is 11.8 Å². The van der Waals surface area contributed by atoms with Gasteiger partial charge in [-0.15, -0.1) is 0 Å². The number of esters is 2. The summed E-state index contributed by atoms with van der Waals surface area (Å²) in [6.45, 7) is 4.16. The van der Waals surface area contributed by atoms with Crippen LogP contribution in [0.4, 0.5) is 0 Å². The van der Waals surface area contributed by atoms with Gasteiger partial charge < -0.3 is 39.5 Å². The van der Waals surface area contributed by atoms with Crippen LogP contribution in [0.2, 0.25) is 0 Å². The Bertz CT molecular complexity index is 2560. The van der Waals surface area contributed by atoms with Crippen LogP contribution in [0.3, 0.4) is 0 Å². The van der Waals surface area contributed by atoms with Crippen LogP contribution in [-0.4, -0.2) is 78.2 Å². The van der Waals surface area contributed by atoms with Gasteiger partial charge >= 0.3 is 19.8 Å². The molecule has 5 rings (SSSR count). The van der Waals surface area contributed by atoms with Crippen molar-refractivity contribution in [2.24, 2.45) is 5.92 Å². The minimum Gasteiger partial charge on any atom is -0.493 e. The molecule has 4 amide bonds. The molecule has 19 nitrogen and oxygen atoms in total. The maximum atomic E-state index is 13.8. The van der Waals surface area contributed by atoms with Gasteiger partial charge in [-0.2, -0.15) is 0 Å². The summed E-state index contributed by atoms with van der Waals surface area (Å²) in [5, 5.41) is 8.78. The van der Waals surface area contributed by atoms with E-state index in [-0.39, 0.29) is 62.4 Å². The molecule has 0 aliphatic heterocycles. The first kappa shape index (κ1) is 55.8. The molecule has 4 aromatic carbocycles. The number of hydrogen-bond donors (Lipinski definition) is 4. The number of hydroxylamine groups is 2. The lowest BCUT2D eigenvalue weighted by Crippen LogP contribution is -2.48. The lowest BCUT2D eigenvalue weighted by Gasteiger charge is -2.32. The number of nitrogens with one attached hydrogen (secondary N) is 3. The maximum absolute atomic E-state index is 13.8. The third-order valence-electron chi connectivity index (χ3n) is 11.0. The summed E-state index contributed by atoms with van der Waals surface area (Å²) < 4.78 is 45.0. The standard InChI is InChI=1S/C52H61N4O15P/c1-4-7-11-24-41(44(5-2)56(35-57)68-36-70-72(63,64)69-33-39-22-16-10-17-23-39)49(59)53-34-54-51(61)46-28-27-45(71-46)40-25-26-42(47(29-40)65-6-3)50(60)55-43(52(62)67-32-38-20-14-9-15-21-38)30-48(58)66-31-37-18-12-8-13-19-37/h8-10,12-23,25-29,35,41,43-44H,4-7,11,24,30-34,36H2,1-3H3,(H,53,59)(H,54,61)(H,55,60)(H,63,64). The largest absolute Gasteiger partial charge is 0.493 e. The van der Waals surface area contributed by atoms with E-state index in [0.717, 1.165) is 23.5 Å². The second-order valence-electron chi connectivity index (χ2n) is 16.1. The lowest BCUT2D eigenvalue weighted by atomic mass is 9.90. The summed E-state index contributed by atoms with van der Waals surface area (Å²) in [4.78, 5) is 94.9. The minimum absolute atomic E-state index is 0.0357. The number of carbonyl (C=O) groups excluding carboxylic acids is 6. The third-order valence-corrected chi connectivity index (χ3v) is 11.9. The van der Waals surface area contributed by atoms with E-state index in [2.05, 4.69) is 16.0 Å². The molecule has 1 aromatic heterocycles. The fourth-order valence-electron chi connectivity index (χ4n) is 7.28. The Labute approximate surface area is 418 Å². The van der Waals surface area contributed by atoms with E-state index in [4.69, 9.17) is 32.5 Å². The second kappa shape index (κ2) is 29.3. The molecule has 0 radical (unpaired) electrons. The summed E-state index contributed by atoms with van der Waals surface area (Å²) in [6, 6.07) is 31.9. The zero-order chi connectivity index (χ0) is 51.7. The van der Waals surface area contributed by atoms with E-state index in [0.29, 0.717) is 35.9 Å². The summed E-state index contributed by atoms with van der Waals surface area (Å²) in [6.07, 6.45) is 2.77. The average molecular weight is 1010 g/mol. The normalized spacial score (nSPS) is 13.1. The Hall–Kier alpha value is -7.15. The Morgan fingerprint density at radius 3 is 2.00 bits per heavy atom. The first-order valence-electron chi connectivity index (χ1n) is 23.5. The van der Waals surface area contributed by atoms with Crippen molar-refractivity contribution in [3.63, 3.8) is 0 Å². The third kappa shape index (κ3) is 17.9. The smallest absolute Gasteiger partial charge is 0.474 e. The fraction of sp³-hybridized carbons (Fsp3) is 0.346. The fourth-order valence-corrected chi connectivity index (χ4v) is 7.85. The molecule has 1 heterocycles. The molecule has 72 heavy (non-hydrogen) atoms. The molecule has 4 atom stereocenters. The number of ether oxygens (including phenoxy) is 3. The number of rotatable bonds is 31. The average Bonchev–Trinajstić information content (AvgIpc) is 3.90. The van der Waals surface area contributed by atoms with Gasteiger partial charge in [-0.3, -0.25) is 33.0 Å². The molecule has 0 aliphatic rings. The van der Waals surface area contributed by atoms with Gasteiger partial charge in [0.15, 0.2) is 12.6 Å². The number of phosphoric ester groups is 1. The topological polar surface area (TPSA) is 248 Å². The van der Waals surface area contributed by atoms with Gasteiger partial charge in [-0.1, -0.05) is 130 Å². The number of unbranched alkanes of at least 4 members (excludes halogenated alkanes) is 2. The Balaban J connectivity index is 1.19. The van der Waals surface area contributed by atoms with Crippen molar-refractivity contribution in [1.82, 2.24) is 21.0 Å². The Morgan fingerprint density at radius 2 is 1.39 bits per heavy atom. The number of phosphoric acid groups is 1. The van der Waals surface area contributed by atoms with E-state index in [1.165, 1.54) is 24.3 Å². The van der Waals surface area contributed by atoms with Crippen LogP contribution in [0.25, 0.3) is 11.3 Å². The molecule has 384 valence electrons. The van der Waals surface area contributed by atoms with Crippen molar-refractivity contribution in [3.8, 4) is 17.1 Å². The van der Waals surface area contributed by atoms with Gasteiger partial charge in [-0.25, -0.2) is 19.3 Å². The van der Waals surface area contributed by atoms with E-state index >= 15 is 0 Å². The van der Waals surface area contributed by atoms with Crippen LogP contribution in [0.1, 0.15) is 96.9 Å². The van der Waals surface area contributed by atoms with Crippen molar-refractivity contribution in [3.05, 3.63) is 149 Å². The highest BCUT2D eigenvalue weighted by Crippen LogP contribution is 2.44. The van der Waals surface area contributed by atoms with Gasteiger partial charge in [0, 0.05) is 5.56 Å². The highest BCUT2D eigenvalue weighted by molar-refractivity contribution is 7.47. The summed E-state index contributed by atoms with van der Waals surface area (Å²) >= 11 is 0. The first-order chi connectivity index (χ1) is 34.8. The molecule has 0 saturated carbocycles. The predicted octanol–water partition coefficient (Wildman–Crippen LogP) is 7.78. The molecule has 0 spiro atoms. The van der Waals surface area contributed by atoms with Crippen molar-refractivity contribution in [2.75, 3.05) is 20.1 Å². The first-order valence-corrected chi connectivity index (χ1v) is 25.0. The molecule has 4 N–H and O–H groups in total. The summed E-state index contributed by atoms with van der Waals surface area (Å²) in [5.41, 5.74) is 2.55. The zero-order valence-corrected chi connectivity index (χ0v) is 41.3. The number of carbonyl (C=O) groups is 6. The molecule has 20 heteroatoms. The zero-order valence-electron chi connectivity index (χ0n) is 40.4. The highest BCUT2D eigenvalue weighted by Gasteiger charge is 2.33. The predicted molar refractivity (Wildman–Crippen MR) is 262 cm³/mol. The number of nitrogens with zero attached hydrogens (tertiary/aromatic N) is 1. The molecule has 0 aliphatic carbocycles. The SMILES string of the molecule is CCCCCC(C(=O)NCNC(=O)c1ccc(-c2ccc(C(=O)NC(CC(=O)OCc3ccccc3)C(=O)OCc3ccccc3)c(OCC)c2)o1)C(CC)N(C=O)OCOP(=O)(O)OCc1ccccc1.